The Labute approximate surface area is 100 Å². The van der Waals surface area contributed by atoms with E-state index in [9.17, 15) is 0 Å². The van der Waals surface area contributed by atoms with Crippen molar-refractivity contribution < 1.29 is 4.52 Å². The lowest BCUT2D eigenvalue weighted by Gasteiger charge is -2.08. The summed E-state index contributed by atoms with van der Waals surface area (Å²) in [6.07, 6.45) is 0. The number of nitrogens with zero attached hydrogens (tertiary/aromatic N) is 2. The average Bonchev–Trinajstić information content (AvgIpc) is 2.61. The highest BCUT2D eigenvalue weighted by Crippen LogP contribution is 2.18. The third-order valence-electron chi connectivity index (χ3n) is 2.68. The van der Waals surface area contributed by atoms with Gasteiger partial charge in [-0.15, -0.1) is 0 Å². The molecule has 0 bridgehead atoms. The first-order valence-electron chi connectivity index (χ1n) is 5.46. The normalized spacial score (nSPS) is 10.5. The number of rotatable bonds is 3. The number of hydrogen-bond acceptors (Lipinski definition) is 5. The van der Waals surface area contributed by atoms with E-state index in [1.807, 2.05) is 32.9 Å². The van der Waals surface area contributed by atoms with Gasteiger partial charge in [0.25, 0.3) is 0 Å². The Morgan fingerprint density at radius 1 is 1.29 bits per heavy atom. The van der Waals surface area contributed by atoms with Crippen molar-refractivity contribution in [3.05, 3.63) is 34.8 Å². The van der Waals surface area contributed by atoms with Crippen LogP contribution in [0.4, 0.5) is 11.5 Å². The van der Waals surface area contributed by atoms with Gasteiger partial charge in [-0.25, -0.2) is 4.98 Å². The quantitative estimate of drug-likeness (QED) is 0.848. The minimum Gasteiger partial charge on any atom is -0.396 e. The SMILES string of the molecule is Cc1ccc(N)c(NCc2c(C)noc2C)n1. The molecule has 90 valence electrons. The lowest BCUT2D eigenvalue weighted by molar-refractivity contribution is 0.392. The van der Waals surface area contributed by atoms with Gasteiger partial charge in [0.05, 0.1) is 11.4 Å². The van der Waals surface area contributed by atoms with Crippen molar-refractivity contribution in [2.24, 2.45) is 0 Å². The van der Waals surface area contributed by atoms with E-state index in [0.29, 0.717) is 18.1 Å². The molecule has 0 fully saturated rings. The molecule has 17 heavy (non-hydrogen) atoms. The number of aryl methyl sites for hydroxylation is 3. The van der Waals surface area contributed by atoms with Crippen LogP contribution in [-0.4, -0.2) is 10.1 Å². The second-order valence-corrected chi connectivity index (χ2v) is 4.05. The number of nitrogens with one attached hydrogen (secondary N) is 1. The van der Waals surface area contributed by atoms with E-state index >= 15 is 0 Å². The highest BCUT2D eigenvalue weighted by molar-refractivity contribution is 5.61. The predicted octanol–water partition coefficient (Wildman–Crippen LogP) is 2.19. The van der Waals surface area contributed by atoms with Crippen molar-refractivity contribution in [2.45, 2.75) is 27.3 Å². The van der Waals surface area contributed by atoms with Gasteiger partial charge in [-0.1, -0.05) is 5.16 Å². The molecule has 0 aliphatic heterocycles. The van der Waals surface area contributed by atoms with E-state index < -0.39 is 0 Å². The Bertz CT molecular complexity index is 514. The molecule has 0 radical (unpaired) electrons. The maximum atomic E-state index is 5.84. The summed E-state index contributed by atoms with van der Waals surface area (Å²) >= 11 is 0. The van der Waals surface area contributed by atoms with E-state index in [1.54, 1.807) is 0 Å². The number of anilines is 2. The van der Waals surface area contributed by atoms with Gasteiger partial charge >= 0.3 is 0 Å². The van der Waals surface area contributed by atoms with Crippen LogP contribution in [0, 0.1) is 20.8 Å². The molecule has 0 aliphatic carbocycles. The summed E-state index contributed by atoms with van der Waals surface area (Å²) in [6.45, 7) is 6.35. The smallest absolute Gasteiger partial charge is 0.149 e. The Morgan fingerprint density at radius 3 is 2.71 bits per heavy atom. The third-order valence-corrected chi connectivity index (χ3v) is 2.68. The zero-order valence-electron chi connectivity index (χ0n) is 10.2. The number of nitrogen functional groups attached to an aromatic ring is 1. The summed E-state index contributed by atoms with van der Waals surface area (Å²) in [5.41, 5.74) is 9.35. The van der Waals surface area contributed by atoms with Gasteiger partial charge in [-0.05, 0) is 32.9 Å². The lowest BCUT2D eigenvalue weighted by atomic mass is 10.2. The Kier molecular flexibility index (Phi) is 2.99. The molecule has 0 saturated carbocycles. The fourth-order valence-corrected chi connectivity index (χ4v) is 1.64. The van der Waals surface area contributed by atoms with Crippen molar-refractivity contribution >= 4 is 11.5 Å². The molecule has 0 unspecified atom stereocenters. The van der Waals surface area contributed by atoms with Crippen LogP contribution in [0.5, 0.6) is 0 Å². The molecular formula is C12H16N4O. The van der Waals surface area contributed by atoms with Gasteiger partial charge in [0.2, 0.25) is 0 Å². The number of hydrogen-bond donors (Lipinski definition) is 2. The van der Waals surface area contributed by atoms with E-state index in [-0.39, 0.29) is 0 Å². The van der Waals surface area contributed by atoms with Gasteiger partial charge in [0.15, 0.2) is 0 Å². The molecule has 0 aromatic carbocycles. The predicted molar refractivity (Wildman–Crippen MR) is 66.7 cm³/mol. The van der Waals surface area contributed by atoms with Crippen molar-refractivity contribution in [3.63, 3.8) is 0 Å². The van der Waals surface area contributed by atoms with Crippen LogP contribution in [0.3, 0.4) is 0 Å². The van der Waals surface area contributed by atoms with Crippen LogP contribution in [0.1, 0.15) is 22.7 Å². The molecule has 0 amide bonds. The molecule has 2 aromatic heterocycles. The van der Waals surface area contributed by atoms with Crippen molar-refractivity contribution in [1.82, 2.24) is 10.1 Å². The summed E-state index contributed by atoms with van der Waals surface area (Å²) in [7, 11) is 0. The second kappa shape index (κ2) is 4.45. The summed E-state index contributed by atoms with van der Waals surface area (Å²) in [5.74, 6) is 1.52. The minimum atomic E-state index is 0.613. The van der Waals surface area contributed by atoms with Crippen LogP contribution in [0.15, 0.2) is 16.7 Å². The zero-order chi connectivity index (χ0) is 12.4. The van der Waals surface area contributed by atoms with Crippen molar-refractivity contribution in [1.29, 1.82) is 0 Å². The topological polar surface area (TPSA) is 77.0 Å². The van der Waals surface area contributed by atoms with E-state index in [1.165, 1.54) is 0 Å². The summed E-state index contributed by atoms with van der Waals surface area (Å²) < 4.78 is 5.10. The molecular weight excluding hydrogens is 216 g/mol. The summed E-state index contributed by atoms with van der Waals surface area (Å²) in [4.78, 5) is 4.34. The standard InChI is InChI=1S/C12H16N4O/c1-7-4-5-11(13)12(15-7)14-6-10-8(2)16-17-9(10)3/h4-5H,6,13H2,1-3H3,(H,14,15). The Balaban J connectivity index is 2.15. The number of nitrogens with two attached hydrogens (primary N) is 1. The zero-order valence-corrected chi connectivity index (χ0v) is 10.2. The van der Waals surface area contributed by atoms with Gasteiger partial charge in [-0.2, -0.15) is 0 Å². The van der Waals surface area contributed by atoms with Crippen LogP contribution in [0.25, 0.3) is 0 Å². The first-order valence-corrected chi connectivity index (χ1v) is 5.46. The highest BCUT2D eigenvalue weighted by atomic mass is 16.5. The third kappa shape index (κ3) is 2.38. The van der Waals surface area contributed by atoms with Crippen molar-refractivity contribution in [2.75, 3.05) is 11.1 Å². The van der Waals surface area contributed by atoms with Gasteiger partial charge in [0, 0.05) is 17.8 Å². The maximum absolute atomic E-state index is 5.84. The molecule has 5 nitrogen and oxygen atoms in total. The van der Waals surface area contributed by atoms with E-state index in [0.717, 1.165) is 22.7 Å². The van der Waals surface area contributed by atoms with Gasteiger partial charge in [0.1, 0.15) is 11.6 Å². The highest BCUT2D eigenvalue weighted by Gasteiger charge is 2.09. The molecule has 2 rings (SSSR count). The molecule has 0 spiro atoms. The lowest BCUT2D eigenvalue weighted by Crippen LogP contribution is -2.06. The summed E-state index contributed by atoms with van der Waals surface area (Å²) in [5, 5.41) is 7.10. The first kappa shape index (κ1) is 11.4. The Hall–Kier alpha value is -2.04. The molecule has 2 heterocycles. The summed E-state index contributed by atoms with van der Waals surface area (Å²) in [6, 6.07) is 3.73. The molecule has 2 aromatic rings. The fourth-order valence-electron chi connectivity index (χ4n) is 1.64. The van der Waals surface area contributed by atoms with Crippen LogP contribution in [-0.2, 0) is 6.54 Å². The second-order valence-electron chi connectivity index (χ2n) is 4.05. The Morgan fingerprint density at radius 2 is 2.06 bits per heavy atom. The van der Waals surface area contributed by atoms with Crippen LogP contribution < -0.4 is 11.1 Å². The minimum absolute atomic E-state index is 0.613. The molecule has 0 aliphatic rings. The molecule has 0 atom stereocenters. The first-order chi connectivity index (χ1) is 8.08. The number of aromatic nitrogens is 2. The van der Waals surface area contributed by atoms with Gasteiger partial charge < -0.3 is 15.6 Å². The largest absolute Gasteiger partial charge is 0.396 e. The molecule has 5 heteroatoms. The van der Waals surface area contributed by atoms with E-state index in [2.05, 4.69) is 15.5 Å². The monoisotopic (exact) mass is 232 g/mol. The maximum Gasteiger partial charge on any atom is 0.149 e. The van der Waals surface area contributed by atoms with E-state index in [4.69, 9.17) is 10.3 Å². The van der Waals surface area contributed by atoms with Crippen LogP contribution in [0.2, 0.25) is 0 Å². The molecule has 3 N–H and O–H groups in total. The fraction of sp³-hybridized carbons (Fsp3) is 0.333. The van der Waals surface area contributed by atoms with Crippen molar-refractivity contribution in [3.8, 4) is 0 Å². The van der Waals surface area contributed by atoms with Crippen LogP contribution >= 0.6 is 0 Å². The average molecular weight is 232 g/mol. The van der Waals surface area contributed by atoms with Gasteiger partial charge in [-0.3, -0.25) is 0 Å². The molecule has 0 saturated heterocycles. The number of pyridine rings is 1.